The van der Waals surface area contributed by atoms with Gasteiger partial charge in [0.25, 0.3) is 10.0 Å². The molecule has 0 aliphatic carbocycles. The van der Waals surface area contributed by atoms with E-state index in [-0.39, 0.29) is 17.1 Å². The Bertz CT molecular complexity index is 726. The van der Waals surface area contributed by atoms with Crippen molar-refractivity contribution in [2.75, 3.05) is 4.72 Å². The molecule has 0 aliphatic heterocycles. The van der Waals surface area contributed by atoms with E-state index in [0.717, 1.165) is 18.2 Å². The van der Waals surface area contributed by atoms with Crippen molar-refractivity contribution in [1.29, 1.82) is 0 Å². The second-order valence-corrected chi connectivity index (χ2v) is 6.36. The number of rotatable bonds is 6. The SMILES string of the molecule is CCCn1cc(S(=O)(=O)Nc2cccc(F)c2)cc1CN. The van der Waals surface area contributed by atoms with Crippen molar-refractivity contribution in [3.05, 3.63) is 48.0 Å². The molecule has 5 nitrogen and oxygen atoms in total. The zero-order valence-corrected chi connectivity index (χ0v) is 12.5. The lowest BCUT2D eigenvalue weighted by atomic mass is 10.3. The summed E-state index contributed by atoms with van der Waals surface area (Å²) in [4.78, 5) is 0.126. The van der Waals surface area contributed by atoms with Gasteiger partial charge in [0.05, 0.1) is 5.69 Å². The Hall–Kier alpha value is -1.86. The lowest BCUT2D eigenvalue weighted by Crippen LogP contribution is -2.12. The van der Waals surface area contributed by atoms with Gasteiger partial charge >= 0.3 is 0 Å². The number of halogens is 1. The van der Waals surface area contributed by atoms with E-state index >= 15 is 0 Å². The molecule has 0 saturated heterocycles. The second kappa shape index (κ2) is 6.28. The third-order valence-corrected chi connectivity index (χ3v) is 4.37. The summed E-state index contributed by atoms with van der Waals surface area (Å²) in [5, 5.41) is 0. The van der Waals surface area contributed by atoms with Crippen LogP contribution < -0.4 is 10.5 Å². The molecule has 0 saturated carbocycles. The number of aryl methyl sites for hydroxylation is 1. The van der Waals surface area contributed by atoms with Gasteiger partial charge in [-0.05, 0) is 30.7 Å². The van der Waals surface area contributed by atoms with Crippen molar-refractivity contribution < 1.29 is 12.8 Å². The molecular formula is C14H18FN3O2S. The van der Waals surface area contributed by atoms with Crippen LogP contribution in [-0.2, 0) is 23.1 Å². The van der Waals surface area contributed by atoms with E-state index in [1.165, 1.54) is 24.3 Å². The lowest BCUT2D eigenvalue weighted by molar-refractivity contribution is 0.599. The molecule has 0 atom stereocenters. The van der Waals surface area contributed by atoms with Gasteiger partial charge in [-0.2, -0.15) is 0 Å². The van der Waals surface area contributed by atoms with E-state index in [9.17, 15) is 12.8 Å². The van der Waals surface area contributed by atoms with Gasteiger partial charge in [0.2, 0.25) is 0 Å². The molecule has 0 fully saturated rings. The molecule has 0 spiro atoms. The maximum Gasteiger partial charge on any atom is 0.263 e. The highest BCUT2D eigenvalue weighted by molar-refractivity contribution is 7.92. The molecule has 0 amide bonds. The van der Waals surface area contributed by atoms with Crippen LogP contribution in [0.15, 0.2) is 41.4 Å². The summed E-state index contributed by atoms with van der Waals surface area (Å²) in [6, 6.07) is 6.86. The standard InChI is InChI=1S/C14H18FN3O2S/c1-2-6-18-10-14(8-13(18)9-16)21(19,20)17-12-5-3-4-11(15)7-12/h3-5,7-8,10,17H,2,6,9,16H2,1H3. The number of nitrogens with zero attached hydrogens (tertiary/aromatic N) is 1. The van der Waals surface area contributed by atoms with Crippen molar-refractivity contribution in [2.24, 2.45) is 5.73 Å². The molecule has 21 heavy (non-hydrogen) atoms. The molecular weight excluding hydrogens is 293 g/mol. The van der Waals surface area contributed by atoms with E-state index in [1.54, 1.807) is 6.20 Å². The van der Waals surface area contributed by atoms with Crippen molar-refractivity contribution in [3.8, 4) is 0 Å². The number of benzene rings is 1. The first-order valence-corrected chi connectivity index (χ1v) is 8.12. The summed E-state index contributed by atoms with van der Waals surface area (Å²) in [7, 11) is -3.75. The minimum absolute atomic E-state index is 0.126. The Kier molecular flexibility index (Phi) is 4.64. The minimum atomic E-state index is -3.75. The number of aromatic nitrogens is 1. The predicted octanol–water partition coefficient (Wildman–Crippen LogP) is 2.30. The highest BCUT2D eigenvalue weighted by atomic mass is 32.2. The van der Waals surface area contributed by atoms with Crippen molar-refractivity contribution >= 4 is 15.7 Å². The number of sulfonamides is 1. The highest BCUT2D eigenvalue weighted by Gasteiger charge is 2.18. The van der Waals surface area contributed by atoms with Crippen LogP contribution in [0.4, 0.5) is 10.1 Å². The predicted molar refractivity (Wildman–Crippen MR) is 79.8 cm³/mol. The summed E-state index contributed by atoms with van der Waals surface area (Å²) in [5.74, 6) is -0.499. The van der Waals surface area contributed by atoms with Gasteiger partial charge in [-0.25, -0.2) is 12.8 Å². The molecule has 1 heterocycles. The number of nitrogens with one attached hydrogen (secondary N) is 1. The van der Waals surface area contributed by atoms with Crippen LogP contribution in [0, 0.1) is 5.82 Å². The molecule has 7 heteroatoms. The summed E-state index contributed by atoms with van der Waals surface area (Å²) < 4.78 is 41.9. The van der Waals surface area contributed by atoms with Crippen molar-refractivity contribution in [2.45, 2.75) is 31.3 Å². The molecule has 0 radical (unpaired) electrons. The Morgan fingerprint density at radius 1 is 1.33 bits per heavy atom. The van der Waals surface area contributed by atoms with Crippen molar-refractivity contribution in [3.63, 3.8) is 0 Å². The first kappa shape index (κ1) is 15.5. The fraction of sp³-hybridized carbons (Fsp3) is 0.286. The zero-order chi connectivity index (χ0) is 15.5. The number of anilines is 1. The molecule has 2 rings (SSSR count). The summed E-state index contributed by atoms with van der Waals surface area (Å²) >= 11 is 0. The van der Waals surface area contributed by atoms with Crippen LogP contribution in [-0.4, -0.2) is 13.0 Å². The monoisotopic (exact) mass is 311 g/mol. The molecule has 0 aliphatic rings. The molecule has 1 aromatic carbocycles. The molecule has 114 valence electrons. The summed E-state index contributed by atoms with van der Waals surface area (Å²) in [6.07, 6.45) is 2.42. The zero-order valence-electron chi connectivity index (χ0n) is 11.7. The first-order chi connectivity index (χ1) is 9.96. The van der Waals surface area contributed by atoms with Crippen LogP contribution in [0.25, 0.3) is 0 Å². The summed E-state index contributed by atoms with van der Waals surface area (Å²) in [5.41, 5.74) is 6.56. The average Bonchev–Trinajstić information content (AvgIpc) is 2.83. The third kappa shape index (κ3) is 3.62. The Morgan fingerprint density at radius 3 is 2.71 bits per heavy atom. The molecule has 0 unspecified atom stereocenters. The molecule has 2 aromatic rings. The minimum Gasteiger partial charge on any atom is -0.349 e. The largest absolute Gasteiger partial charge is 0.349 e. The highest BCUT2D eigenvalue weighted by Crippen LogP contribution is 2.19. The molecule has 1 aromatic heterocycles. The van der Waals surface area contributed by atoms with Crippen LogP contribution in [0.3, 0.4) is 0 Å². The third-order valence-electron chi connectivity index (χ3n) is 3.02. The molecule has 3 N–H and O–H groups in total. The fourth-order valence-electron chi connectivity index (χ4n) is 2.06. The summed E-state index contributed by atoms with van der Waals surface area (Å²) in [6.45, 7) is 2.96. The van der Waals surface area contributed by atoms with Crippen molar-refractivity contribution in [1.82, 2.24) is 4.57 Å². The van der Waals surface area contributed by atoms with Crippen LogP contribution in [0.5, 0.6) is 0 Å². The average molecular weight is 311 g/mol. The van der Waals surface area contributed by atoms with Gasteiger partial charge < -0.3 is 10.3 Å². The van der Waals surface area contributed by atoms with Gasteiger partial charge in [-0.3, -0.25) is 4.72 Å². The van der Waals surface area contributed by atoms with E-state index in [2.05, 4.69) is 4.72 Å². The van der Waals surface area contributed by atoms with E-state index in [0.29, 0.717) is 6.54 Å². The molecule has 0 bridgehead atoms. The number of hydrogen-bond acceptors (Lipinski definition) is 3. The second-order valence-electron chi connectivity index (χ2n) is 4.68. The first-order valence-electron chi connectivity index (χ1n) is 6.63. The van der Waals surface area contributed by atoms with Crippen LogP contribution in [0.1, 0.15) is 19.0 Å². The van der Waals surface area contributed by atoms with Gasteiger partial charge in [-0.15, -0.1) is 0 Å². The fourth-order valence-corrected chi connectivity index (χ4v) is 3.17. The maximum atomic E-state index is 13.1. The van der Waals surface area contributed by atoms with Gasteiger partial charge in [-0.1, -0.05) is 13.0 Å². The Labute approximate surface area is 123 Å². The van der Waals surface area contributed by atoms with E-state index in [1.807, 2.05) is 11.5 Å². The lowest BCUT2D eigenvalue weighted by Gasteiger charge is -2.06. The Morgan fingerprint density at radius 2 is 2.10 bits per heavy atom. The number of hydrogen-bond donors (Lipinski definition) is 2. The van der Waals surface area contributed by atoms with Crippen LogP contribution in [0.2, 0.25) is 0 Å². The quantitative estimate of drug-likeness (QED) is 0.859. The smallest absolute Gasteiger partial charge is 0.263 e. The van der Waals surface area contributed by atoms with Crippen LogP contribution >= 0.6 is 0 Å². The normalized spacial score (nSPS) is 11.6. The van der Waals surface area contributed by atoms with E-state index in [4.69, 9.17) is 5.73 Å². The topological polar surface area (TPSA) is 77.1 Å². The van der Waals surface area contributed by atoms with Gasteiger partial charge in [0.15, 0.2) is 0 Å². The van der Waals surface area contributed by atoms with Gasteiger partial charge in [0, 0.05) is 25.0 Å². The number of nitrogens with two attached hydrogens (primary N) is 1. The van der Waals surface area contributed by atoms with Gasteiger partial charge in [0.1, 0.15) is 10.7 Å². The van der Waals surface area contributed by atoms with E-state index < -0.39 is 15.8 Å². The Balaban J connectivity index is 2.31. The maximum absolute atomic E-state index is 13.1.